The Bertz CT molecular complexity index is 946. The standard InChI is InChI=1S/C23H33N7O/c24-20(19-8-4-5-9-22(19)31)14-21(23(25)26)30-16-18(15-27-30)29-12-10-28(11-13-29)17-6-2-1-3-7-17/h4-5,8-9,14-17,31H,1-3,6-7,10-13,24-26H2/b20-14-. The number of piperazine rings is 1. The number of hydrogen-bond acceptors (Lipinski definition) is 7. The highest BCUT2D eigenvalue weighted by Crippen LogP contribution is 2.26. The molecule has 1 saturated carbocycles. The lowest BCUT2D eigenvalue weighted by Gasteiger charge is -2.41. The van der Waals surface area contributed by atoms with E-state index in [2.05, 4.69) is 14.9 Å². The number of anilines is 1. The number of para-hydroxylation sites is 1. The molecule has 2 aliphatic rings. The largest absolute Gasteiger partial charge is 0.507 e. The summed E-state index contributed by atoms with van der Waals surface area (Å²) in [6, 6.07) is 7.64. The van der Waals surface area contributed by atoms with Gasteiger partial charge in [0.2, 0.25) is 0 Å². The molecule has 0 bridgehead atoms. The van der Waals surface area contributed by atoms with E-state index in [4.69, 9.17) is 17.2 Å². The van der Waals surface area contributed by atoms with Gasteiger partial charge in [0.15, 0.2) is 0 Å². The first-order valence-corrected chi connectivity index (χ1v) is 11.1. The van der Waals surface area contributed by atoms with Crippen molar-refractivity contribution < 1.29 is 5.11 Å². The SMILES string of the molecule is NC(N)=C(/C=C(\N)c1ccccc1O)n1cc(N2CCN(C3CCCCC3)CC2)cn1. The van der Waals surface area contributed by atoms with E-state index in [1.165, 1.54) is 32.1 Å². The lowest BCUT2D eigenvalue weighted by atomic mass is 9.94. The molecule has 0 unspecified atom stereocenters. The average molecular weight is 424 g/mol. The molecule has 2 fully saturated rings. The van der Waals surface area contributed by atoms with Crippen LogP contribution in [0.4, 0.5) is 5.69 Å². The number of phenolic OH excluding ortho intramolecular Hbond substituents is 1. The van der Waals surface area contributed by atoms with Crippen molar-refractivity contribution in [3.05, 3.63) is 54.1 Å². The van der Waals surface area contributed by atoms with E-state index in [0.29, 0.717) is 17.0 Å². The summed E-state index contributed by atoms with van der Waals surface area (Å²) in [5.41, 5.74) is 20.5. The van der Waals surface area contributed by atoms with Gasteiger partial charge >= 0.3 is 0 Å². The molecular formula is C23H33N7O. The summed E-state index contributed by atoms with van der Waals surface area (Å²) in [5.74, 6) is 0.207. The zero-order valence-electron chi connectivity index (χ0n) is 18.0. The van der Waals surface area contributed by atoms with Gasteiger partial charge in [-0.2, -0.15) is 5.10 Å². The second kappa shape index (κ2) is 9.34. The van der Waals surface area contributed by atoms with Crippen LogP contribution in [-0.2, 0) is 0 Å². The van der Waals surface area contributed by atoms with Crippen LogP contribution in [-0.4, -0.2) is 52.0 Å². The topological polar surface area (TPSA) is 123 Å². The molecule has 7 N–H and O–H groups in total. The monoisotopic (exact) mass is 423 g/mol. The first kappa shape index (κ1) is 21.1. The molecule has 1 aromatic heterocycles. The molecule has 0 spiro atoms. The Kier molecular flexibility index (Phi) is 6.36. The molecule has 1 saturated heterocycles. The number of benzene rings is 1. The Morgan fingerprint density at radius 3 is 2.39 bits per heavy atom. The van der Waals surface area contributed by atoms with Crippen molar-refractivity contribution in [2.75, 3.05) is 31.1 Å². The lowest BCUT2D eigenvalue weighted by molar-refractivity contribution is 0.148. The molecular weight excluding hydrogens is 390 g/mol. The predicted molar refractivity (Wildman–Crippen MR) is 125 cm³/mol. The van der Waals surface area contributed by atoms with E-state index in [1.54, 1.807) is 29.0 Å². The minimum atomic E-state index is 0.100. The van der Waals surface area contributed by atoms with E-state index in [-0.39, 0.29) is 11.6 Å². The van der Waals surface area contributed by atoms with Crippen molar-refractivity contribution in [1.29, 1.82) is 0 Å². The minimum absolute atomic E-state index is 0.100. The van der Waals surface area contributed by atoms with Gasteiger partial charge in [0.25, 0.3) is 0 Å². The second-order valence-corrected chi connectivity index (χ2v) is 8.42. The van der Waals surface area contributed by atoms with Crippen molar-refractivity contribution in [2.24, 2.45) is 17.2 Å². The highest BCUT2D eigenvalue weighted by Gasteiger charge is 2.25. The highest BCUT2D eigenvalue weighted by molar-refractivity contribution is 5.77. The van der Waals surface area contributed by atoms with E-state index in [9.17, 15) is 5.11 Å². The zero-order chi connectivity index (χ0) is 21.8. The molecule has 1 aromatic carbocycles. The van der Waals surface area contributed by atoms with Gasteiger partial charge in [0.05, 0.1) is 18.1 Å². The van der Waals surface area contributed by atoms with Crippen LogP contribution in [0.2, 0.25) is 0 Å². The predicted octanol–water partition coefficient (Wildman–Crippen LogP) is 2.09. The fraction of sp³-hybridized carbons (Fsp3) is 0.435. The Balaban J connectivity index is 1.46. The maximum absolute atomic E-state index is 10.1. The van der Waals surface area contributed by atoms with Crippen molar-refractivity contribution in [1.82, 2.24) is 14.7 Å². The fourth-order valence-corrected chi connectivity index (χ4v) is 4.62. The molecule has 166 valence electrons. The maximum Gasteiger partial charge on any atom is 0.124 e. The first-order valence-electron chi connectivity index (χ1n) is 11.1. The number of allylic oxidation sites excluding steroid dienone is 2. The molecule has 2 heterocycles. The molecule has 1 aliphatic carbocycles. The molecule has 8 nitrogen and oxygen atoms in total. The molecule has 2 aromatic rings. The zero-order valence-corrected chi connectivity index (χ0v) is 18.0. The average Bonchev–Trinajstić information content (AvgIpc) is 3.28. The normalized spacial score (nSPS) is 18.8. The number of nitrogens with two attached hydrogens (primary N) is 3. The van der Waals surface area contributed by atoms with Crippen LogP contribution in [0.15, 0.2) is 48.6 Å². The summed E-state index contributed by atoms with van der Waals surface area (Å²) in [6.07, 6.45) is 12.2. The molecule has 1 aliphatic heterocycles. The summed E-state index contributed by atoms with van der Waals surface area (Å²) in [6.45, 7) is 4.12. The Labute approximate surface area is 183 Å². The third-order valence-corrected chi connectivity index (χ3v) is 6.39. The van der Waals surface area contributed by atoms with E-state index in [0.717, 1.165) is 37.9 Å². The quantitative estimate of drug-likeness (QED) is 0.543. The Hall–Kier alpha value is -3.13. The third-order valence-electron chi connectivity index (χ3n) is 6.39. The van der Waals surface area contributed by atoms with E-state index >= 15 is 0 Å². The Morgan fingerprint density at radius 2 is 1.71 bits per heavy atom. The summed E-state index contributed by atoms with van der Waals surface area (Å²) >= 11 is 0. The van der Waals surface area contributed by atoms with Crippen molar-refractivity contribution in [3.63, 3.8) is 0 Å². The van der Waals surface area contributed by atoms with Crippen molar-refractivity contribution in [3.8, 4) is 5.75 Å². The smallest absolute Gasteiger partial charge is 0.124 e. The number of rotatable bonds is 5. The number of aromatic hydroxyl groups is 1. The first-order chi connectivity index (χ1) is 15.0. The summed E-state index contributed by atoms with van der Waals surface area (Å²) in [5, 5.41) is 14.5. The van der Waals surface area contributed by atoms with Crippen LogP contribution < -0.4 is 22.1 Å². The molecule has 8 heteroatoms. The number of hydrogen-bond donors (Lipinski definition) is 4. The molecule has 0 amide bonds. The van der Waals surface area contributed by atoms with Gasteiger partial charge in [-0.1, -0.05) is 31.4 Å². The Morgan fingerprint density at radius 1 is 1.00 bits per heavy atom. The molecule has 4 rings (SSSR count). The number of nitrogens with zero attached hydrogens (tertiary/aromatic N) is 4. The van der Waals surface area contributed by atoms with Crippen molar-refractivity contribution in [2.45, 2.75) is 38.1 Å². The fourth-order valence-electron chi connectivity index (χ4n) is 4.62. The number of aromatic nitrogens is 2. The van der Waals surface area contributed by atoms with Gasteiger partial charge in [-0.05, 0) is 31.1 Å². The van der Waals surface area contributed by atoms with Crippen LogP contribution in [0, 0.1) is 0 Å². The van der Waals surface area contributed by atoms with Gasteiger partial charge in [0.1, 0.15) is 17.3 Å². The van der Waals surface area contributed by atoms with Crippen LogP contribution in [0.5, 0.6) is 5.75 Å². The van der Waals surface area contributed by atoms with Gasteiger partial charge in [-0.3, -0.25) is 4.90 Å². The highest BCUT2D eigenvalue weighted by atomic mass is 16.3. The lowest BCUT2D eigenvalue weighted by Crippen LogP contribution is -2.50. The van der Waals surface area contributed by atoms with Gasteiger partial charge in [0, 0.05) is 43.5 Å². The maximum atomic E-state index is 10.1. The van der Waals surface area contributed by atoms with Crippen molar-refractivity contribution >= 4 is 17.1 Å². The minimum Gasteiger partial charge on any atom is -0.507 e. The van der Waals surface area contributed by atoms with E-state index < -0.39 is 0 Å². The summed E-state index contributed by atoms with van der Waals surface area (Å²) in [4.78, 5) is 5.00. The van der Waals surface area contributed by atoms with Gasteiger partial charge < -0.3 is 27.2 Å². The van der Waals surface area contributed by atoms with Crippen LogP contribution in [0.25, 0.3) is 11.4 Å². The van der Waals surface area contributed by atoms with Gasteiger partial charge in [-0.15, -0.1) is 0 Å². The van der Waals surface area contributed by atoms with E-state index in [1.807, 2.05) is 18.5 Å². The molecule has 0 atom stereocenters. The van der Waals surface area contributed by atoms with Crippen LogP contribution in [0.3, 0.4) is 0 Å². The van der Waals surface area contributed by atoms with Crippen LogP contribution >= 0.6 is 0 Å². The molecule has 0 radical (unpaired) electrons. The number of phenols is 1. The van der Waals surface area contributed by atoms with Crippen LogP contribution in [0.1, 0.15) is 37.7 Å². The molecule has 31 heavy (non-hydrogen) atoms. The van der Waals surface area contributed by atoms with Gasteiger partial charge in [-0.25, -0.2) is 4.68 Å². The summed E-state index contributed by atoms with van der Waals surface area (Å²) < 4.78 is 1.64. The second-order valence-electron chi connectivity index (χ2n) is 8.42. The summed E-state index contributed by atoms with van der Waals surface area (Å²) in [7, 11) is 0. The third kappa shape index (κ3) is 4.80.